The van der Waals surface area contributed by atoms with E-state index in [0.717, 1.165) is 0 Å². The molecule has 1 aliphatic rings. The fourth-order valence-corrected chi connectivity index (χ4v) is 4.30. The second kappa shape index (κ2) is 10.4. The number of ether oxygens (including phenoxy) is 4. The van der Waals surface area contributed by atoms with E-state index in [1.54, 1.807) is 42.5 Å². The van der Waals surface area contributed by atoms with Crippen LogP contribution >= 0.6 is 0 Å². The fourth-order valence-electron chi connectivity index (χ4n) is 4.30. The van der Waals surface area contributed by atoms with Gasteiger partial charge in [0.2, 0.25) is 0 Å². The molecular formula is C28H25NO8. The Labute approximate surface area is 213 Å². The predicted octanol–water partition coefficient (Wildman–Crippen LogP) is 4.13. The van der Waals surface area contributed by atoms with Crippen molar-refractivity contribution in [3.63, 3.8) is 0 Å². The number of hydrogen-bond acceptors (Lipinski definition) is 8. The third-order valence-corrected chi connectivity index (χ3v) is 6.11. The number of benzene rings is 3. The molecule has 0 bridgehead atoms. The summed E-state index contributed by atoms with van der Waals surface area (Å²) in [5.41, 5.74) is 1.17. The number of carbonyl (C=O) groups excluding carboxylic acids is 3. The predicted molar refractivity (Wildman–Crippen MR) is 135 cm³/mol. The average Bonchev–Trinajstić information content (AvgIpc) is 3.21. The van der Waals surface area contributed by atoms with Crippen LogP contribution in [0.2, 0.25) is 0 Å². The number of anilines is 1. The van der Waals surface area contributed by atoms with Crippen molar-refractivity contribution in [1.82, 2.24) is 0 Å². The van der Waals surface area contributed by atoms with Gasteiger partial charge in [-0.3, -0.25) is 14.5 Å². The zero-order valence-corrected chi connectivity index (χ0v) is 20.7. The number of hydrogen-bond donors (Lipinski definition) is 1. The fraction of sp³-hybridized carbons (Fsp3) is 0.179. The second-order valence-electron chi connectivity index (χ2n) is 8.02. The zero-order chi connectivity index (χ0) is 26.7. The third kappa shape index (κ3) is 4.47. The van der Waals surface area contributed by atoms with Gasteiger partial charge in [0.25, 0.3) is 11.7 Å². The molecular weight excluding hydrogens is 478 g/mol. The van der Waals surface area contributed by atoms with Gasteiger partial charge in [0.1, 0.15) is 23.0 Å². The highest BCUT2D eigenvalue weighted by atomic mass is 16.5. The van der Waals surface area contributed by atoms with Gasteiger partial charge in [-0.2, -0.15) is 0 Å². The molecule has 1 heterocycles. The van der Waals surface area contributed by atoms with E-state index in [9.17, 15) is 19.5 Å². The summed E-state index contributed by atoms with van der Waals surface area (Å²) in [4.78, 5) is 40.0. The smallest absolute Gasteiger partial charge is 0.337 e. The Morgan fingerprint density at radius 1 is 0.838 bits per heavy atom. The lowest BCUT2D eigenvalue weighted by Gasteiger charge is -2.27. The number of carbonyl (C=O) groups is 3. The van der Waals surface area contributed by atoms with E-state index in [1.165, 1.54) is 57.6 Å². The molecule has 3 aromatic carbocycles. The van der Waals surface area contributed by atoms with Crippen LogP contribution in [-0.4, -0.2) is 51.2 Å². The van der Waals surface area contributed by atoms with E-state index in [1.807, 2.05) is 0 Å². The molecule has 1 fully saturated rings. The molecule has 1 aliphatic heterocycles. The third-order valence-electron chi connectivity index (χ3n) is 6.11. The van der Waals surface area contributed by atoms with E-state index in [2.05, 4.69) is 0 Å². The molecule has 1 saturated heterocycles. The number of amides is 1. The van der Waals surface area contributed by atoms with Crippen LogP contribution in [0.25, 0.3) is 5.76 Å². The number of aliphatic hydroxyl groups is 1. The number of para-hydroxylation sites is 1. The molecule has 1 atom stereocenters. The molecule has 37 heavy (non-hydrogen) atoms. The number of rotatable bonds is 7. The topological polar surface area (TPSA) is 112 Å². The number of Topliss-reactive ketones (excluding diaryl/α,β-unsaturated/α-hetero) is 1. The van der Waals surface area contributed by atoms with Crippen molar-refractivity contribution in [2.45, 2.75) is 6.04 Å². The van der Waals surface area contributed by atoms with Crippen molar-refractivity contribution < 1.29 is 38.4 Å². The maximum Gasteiger partial charge on any atom is 0.337 e. The Kier molecular flexibility index (Phi) is 7.15. The van der Waals surface area contributed by atoms with E-state index >= 15 is 0 Å². The lowest BCUT2D eigenvalue weighted by atomic mass is 9.94. The minimum Gasteiger partial charge on any atom is -0.507 e. The summed E-state index contributed by atoms with van der Waals surface area (Å²) in [5, 5.41) is 11.4. The summed E-state index contributed by atoms with van der Waals surface area (Å²) in [6.07, 6.45) is 0. The lowest BCUT2D eigenvalue weighted by Crippen LogP contribution is -2.29. The summed E-state index contributed by atoms with van der Waals surface area (Å²) >= 11 is 0. The van der Waals surface area contributed by atoms with Crippen LogP contribution in [0, 0.1) is 0 Å². The number of aliphatic hydroxyl groups excluding tert-OH is 1. The maximum absolute atomic E-state index is 13.4. The van der Waals surface area contributed by atoms with Crippen LogP contribution in [0.5, 0.6) is 17.2 Å². The van der Waals surface area contributed by atoms with Crippen molar-refractivity contribution in [3.05, 3.63) is 89.0 Å². The van der Waals surface area contributed by atoms with Crippen molar-refractivity contribution in [2.75, 3.05) is 33.3 Å². The first kappa shape index (κ1) is 25.3. The summed E-state index contributed by atoms with van der Waals surface area (Å²) < 4.78 is 20.9. The quantitative estimate of drug-likeness (QED) is 0.222. The highest BCUT2D eigenvalue weighted by molar-refractivity contribution is 6.51. The van der Waals surface area contributed by atoms with E-state index in [0.29, 0.717) is 22.7 Å². The summed E-state index contributed by atoms with van der Waals surface area (Å²) in [6, 6.07) is 16.6. The van der Waals surface area contributed by atoms with Crippen LogP contribution in [0.4, 0.5) is 5.69 Å². The SMILES string of the molecule is COC(=O)c1ccc(N2C(=O)C(=O)/C(=C(/O)c3ccc(OC)cc3OC)C2c2ccccc2OC)cc1. The molecule has 9 nitrogen and oxygen atoms in total. The van der Waals surface area contributed by atoms with E-state index < -0.39 is 29.5 Å². The molecule has 1 amide bonds. The minimum atomic E-state index is -1.04. The van der Waals surface area contributed by atoms with Crippen LogP contribution in [0.3, 0.4) is 0 Å². The highest BCUT2D eigenvalue weighted by Crippen LogP contribution is 2.46. The molecule has 0 aromatic heterocycles. The van der Waals surface area contributed by atoms with Crippen molar-refractivity contribution >= 4 is 29.1 Å². The first-order chi connectivity index (χ1) is 17.9. The Morgan fingerprint density at radius 2 is 1.51 bits per heavy atom. The lowest BCUT2D eigenvalue weighted by molar-refractivity contribution is -0.132. The normalized spacial score (nSPS) is 16.4. The summed E-state index contributed by atoms with van der Waals surface area (Å²) in [7, 11) is 5.66. The van der Waals surface area contributed by atoms with Gasteiger partial charge in [-0.25, -0.2) is 4.79 Å². The number of esters is 1. The number of methoxy groups -OCH3 is 4. The molecule has 0 saturated carbocycles. The first-order valence-corrected chi connectivity index (χ1v) is 11.2. The van der Waals surface area contributed by atoms with Gasteiger partial charge in [0, 0.05) is 17.3 Å². The van der Waals surface area contributed by atoms with Gasteiger partial charge in [-0.05, 0) is 42.5 Å². The monoisotopic (exact) mass is 503 g/mol. The van der Waals surface area contributed by atoms with Crippen molar-refractivity contribution in [3.8, 4) is 17.2 Å². The number of nitrogens with zero attached hydrogens (tertiary/aromatic N) is 1. The highest BCUT2D eigenvalue weighted by Gasteiger charge is 2.48. The largest absolute Gasteiger partial charge is 0.507 e. The Balaban J connectivity index is 1.96. The molecule has 0 spiro atoms. The average molecular weight is 504 g/mol. The van der Waals surface area contributed by atoms with E-state index in [-0.39, 0.29) is 22.4 Å². The zero-order valence-electron chi connectivity index (χ0n) is 20.7. The maximum atomic E-state index is 13.4. The summed E-state index contributed by atoms with van der Waals surface area (Å²) in [5.74, 6) is -1.54. The molecule has 0 aliphatic carbocycles. The number of ketones is 1. The molecule has 1 N–H and O–H groups in total. The molecule has 4 rings (SSSR count). The standard InChI is InChI=1S/C28H25NO8/c1-34-18-13-14-20(22(15-18)36-3)25(30)23-24(19-7-5-6-8-21(19)35-2)29(27(32)26(23)31)17-11-9-16(10-12-17)28(33)37-4/h5-15,24,30H,1-4H3/b25-23+. The Morgan fingerprint density at radius 3 is 2.14 bits per heavy atom. The van der Waals surface area contributed by atoms with Gasteiger partial charge in [-0.1, -0.05) is 18.2 Å². The van der Waals surface area contributed by atoms with Crippen molar-refractivity contribution in [2.24, 2.45) is 0 Å². The molecule has 190 valence electrons. The molecule has 1 unspecified atom stereocenters. The summed E-state index contributed by atoms with van der Waals surface area (Å²) in [6.45, 7) is 0. The van der Waals surface area contributed by atoms with E-state index in [4.69, 9.17) is 18.9 Å². The van der Waals surface area contributed by atoms with Crippen LogP contribution in [-0.2, 0) is 14.3 Å². The van der Waals surface area contributed by atoms with Gasteiger partial charge >= 0.3 is 5.97 Å². The molecule has 9 heteroatoms. The molecule has 0 radical (unpaired) electrons. The molecule has 3 aromatic rings. The first-order valence-electron chi connectivity index (χ1n) is 11.2. The second-order valence-corrected chi connectivity index (χ2v) is 8.02. The van der Waals surface area contributed by atoms with Gasteiger partial charge in [0.15, 0.2) is 0 Å². The van der Waals surface area contributed by atoms with Crippen LogP contribution in [0.15, 0.2) is 72.3 Å². The van der Waals surface area contributed by atoms with Gasteiger partial charge < -0.3 is 24.1 Å². The minimum absolute atomic E-state index is 0.144. The van der Waals surface area contributed by atoms with Gasteiger partial charge in [0.05, 0.1) is 51.2 Å². The van der Waals surface area contributed by atoms with Crippen LogP contribution in [0.1, 0.15) is 27.5 Å². The van der Waals surface area contributed by atoms with Crippen molar-refractivity contribution in [1.29, 1.82) is 0 Å². The Hall–Kier alpha value is -4.79. The Bertz CT molecular complexity index is 1390. The van der Waals surface area contributed by atoms with Crippen LogP contribution < -0.4 is 19.1 Å². The van der Waals surface area contributed by atoms with Gasteiger partial charge in [-0.15, -0.1) is 0 Å².